The van der Waals surface area contributed by atoms with Gasteiger partial charge in [0, 0.05) is 6.42 Å². The third-order valence-electron chi connectivity index (χ3n) is 4.17. The zero-order valence-corrected chi connectivity index (χ0v) is 15.1. The second-order valence-corrected chi connectivity index (χ2v) is 6.47. The third kappa shape index (κ3) is 15.8. The van der Waals surface area contributed by atoms with E-state index in [1.54, 1.807) is 0 Å². The summed E-state index contributed by atoms with van der Waals surface area (Å²) in [4.78, 5) is 22.4. The first-order valence-corrected chi connectivity index (χ1v) is 9.36. The smallest absolute Gasteiger partial charge is 0.313 e. The molecule has 0 aromatic carbocycles. The molecule has 0 saturated heterocycles. The van der Waals surface area contributed by atoms with Crippen LogP contribution in [0.2, 0.25) is 0 Å². The molecule has 4 nitrogen and oxygen atoms in total. The lowest BCUT2D eigenvalue weighted by Crippen LogP contribution is -2.16. The van der Waals surface area contributed by atoms with E-state index in [0.717, 1.165) is 12.8 Å². The SMILES string of the molecule is CCCCCCCCCCCCCC(O)CC(=O)CC(=O)OC. The van der Waals surface area contributed by atoms with Gasteiger partial charge in [0.25, 0.3) is 0 Å². The molecule has 0 fully saturated rings. The molecule has 0 aliphatic carbocycles. The lowest BCUT2D eigenvalue weighted by Gasteiger charge is -2.09. The maximum atomic E-state index is 11.5. The van der Waals surface area contributed by atoms with Crippen molar-refractivity contribution in [2.45, 2.75) is 103 Å². The standard InChI is InChI=1S/C19H36O4/c1-3-4-5-6-7-8-9-10-11-12-13-14-17(20)15-18(21)16-19(22)23-2/h17,20H,3-16H2,1-2H3. The Morgan fingerprint density at radius 3 is 1.83 bits per heavy atom. The number of esters is 1. The van der Waals surface area contributed by atoms with Crippen molar-refractivity contribution < 1.29 is 19.4 Å². The van der Waals surface area contributed by atoms with E-state index >= 15 is 0 Å². The molecule has 0 aliphatic rings. The van der Waals surface area contributed by atoms with Gasteiger partial charge in [-0.1, -0.05) is 77.6 Å². The number of hydrogen-bond acceptors (Lipinski definition) is 4. The molecule has 23 heavy (non-hydrogen) atoms. The molecule has 1 atom stereocenters. The van der Waals surface area contributed by atoms with Gasteiger partial charge in [0.2, 0.25) is 0 Å². The molecule has 0 spiro atoms. The second-order valence-electron chi connectivity index (χ2n) is 6.47. The van der Waals surface area contributed by atoms with Crippen molar-refractivity contribution in [3.63, 3.8) is 0 Å². The highest BCUT2D eigenvalue weighted by atomic mass is 16.5. The summed E-state index contributed by atoms with van der Waals surface area (Å²) in [6.07, 6.45) is 13.8. The lowest BCUT2D eigenvalue weighted by molar-refractivity contribution is -0.143. The van der Waals surface area contributed by atoms with Crippen LogP contribution in [0.15, 0.2) is 0 Å². The lowest BCUT2D eigenvalue weighted by atomic mass is 10.0. The van der Waals surface area contributed by atoms with Gasteiger partial charge in [-0.3, -0.25) is 9.59 Å². The molecule has 1 N–H and O–H groups in total. The van der Waals surface area contributed by atoms with Crippen LogP contribution in [0.4, 0.5) is 0 Å². The average Bonchev–Trinajstić information content (AvgIpc) is 2.52. The Balaban J connectivity index is 3.34. The summed E-state index contributed by atoms with van der Waals surface area (Å²) in [5.74, 6) is -0.774. The number of ether oxygens (including phenoxy) is 1. The summed E-state index contributed by atoms with van der Waals surface area (Å²) in [6, 6.07) is 0. The van der Waals surface area contributed by atoms with Crippen molar-refractivity contribution in [1.29, 1.82) is 0 Å². The molecule has 0 bridgehead atoms. The Morgan fingerprint density at radius 2 is 1.35 bits per heavy atom. The summed E-state index contributed by atoms with van der Waals surface area (Å²) < 4.78 is 4.43. The molecule has 0 amide bonds. The number of ketones is 1. The molecular formula is C19H36O4. The normalized spacial score (nSPS) is 12.1. The van der Waals surface area contributed by atoms with E-state index in [2.05, 4.69) is 11.7 Å². The third-order valence-corrected chi connectivity index (χ3v) is 4.17. The van der Waals surface area contributed by atoms with Crippen LogP contribution in [-0.4, -0.2) is 30.1 Å². The second kappa shape index (κ2) is 16.0. The minimum Gasteiger partial charge on any atom is -0.469 e. The molecule has 4 heteroatoms. The molecule has 136 valence electrons. The highest BCUT2D eigenvalue weighted by Crippen LogP contribution is 2.13. The summed E-state index contributed by atoms with van der Waals surface area (Å²) >= 11 is 0. The van der Waals surface area contributed by atoms with Gasteiger partial charge in [-0.25, -0.2) is 0 Å². The number of Topliss-reactive ketones (excluding diaryl/α,β-unsaturated/α-hetero) is 1. The average molecular weight is 328 g/mol. The van der Waals surface area contributed by atoms with E-state index in [-0.39, 0.29) is 18.6 Å². The molecule has 0 aromatic heterocycles. The van der Waals surface area contributed by atoms with Gasteiger partial charge < -0.3 is 9.84 Å². The van der Waals surface area contributed by atoms with E-state index in [1.165, 1.54) is 64.9 Å². The molecule has 0 aromatic rings. The number of unbranched alkanes of at least 4 members (excludes halogenated alkanes) is 10. The molecule has 0 radical (unpaired) electrons. The van der Waals surface area contributed by atoms with Crippen molar-refractivity contribution in [3.05, 3.63) is 0 Å². The Bertz CT molecular complexity index is 302. The van der Waals surface area contributed by atoms with E-state index in [1.807, 2.05) is 0 Å². The first-order valence-electron chi connectivity index (χ1n) is 9.36. The quantitative estimate of drug-likeness (QED) is 0.256. The monoisotopic (exact) mass is 328 g/mol. The number of aliphatic hydroxyl groups is 1. The number of carbonyl (C=O) groups excluding carboxylic acids is 2. The van der Waals surface area contributed by atoms with Crippen molar-refractivity contribution in [1.82, 2.24) is 0 Å². The fourth-order valence-electron chi connectivity index (χ4n) is 2.71. The van der Waals surface area contributed by atoms with E-state index in [0.29, 0.717) is 6.42 Å². The Labute approximate surface area is 142 Å². The summed E-state index contributed by atoms with van der Waals surface area (Å²) in [5, 5.41) is 9.78. The van der Waals surface area contributed by atoms with Crippen molar-refractivity contribution in [2.75, 3.05) is 7.11 Å². The number of carbonyl (C=O) groups is 2. The Kier molecular flexibility index (Phi) is 15.4. The van der Waals surface area contributed by atoms with Crippen LogP contribution < -0.4 is 0 Å². The van der Waals surface area contributed by atoms with Gasteiger partial charge in [0.05, 0.1) is 13.2 Å². The zero-order valence-electron chi connectivity index (χ0n) is 15.1. The van der Waals surface area contributed by atoms with Gasteiger partial charge in [-0.2, -0.15) is 0 Å². The molecule has 1 unspecified atom stereocenters. The number of methoxy groups -OCH3 is 1. The Morgan fingerprint density at radius 1 is 0.870 bits per heavy atom. The van der Waals surface area contributed by atoms with Crippen molar-refractivity contribution in [2.24, 2.45) is 0 Å². The number of aliphatic hydroxyl groups excluding tert-OH is 1. The summed E-state index contributed by atoms with van der Waals surface area (Å²) in [6.45, 7) is 2.24. The number of rotatable bonds is 16. The van der Waals surface area contributed by atoms with Crippen molar-refractivity contribution >= 4 is 11.8 Å². The maximum Gasteiger partial charge on any atom is 0.313 e. The van der Waals surface area contributed by atoms with Crippen LogP contribution in [0, 0.1) is 0 Å². The fourth-order valence-corrected chi connectivity index (χ4v) is 2.71. The van der Waals surface area contributed by atoms with Crippen molar-refractivity contribution in [3.8, 4) is 0 Å². The first-order chi connectivity index (χ1) is 11.1. The van der Waals surface area contributed by atoms with Crippen LogP contribution >= 0.6 is 0 Å². The molecular weight excluding hydrogens is 292 g/mol. The molecule has 0 aliphatic heterocycles. The van der Waals surface area contributed by atoms with Crippen LogP contribution in [-0.2, 0) is 14.3 Å². The molecule has 0 rings (SSSR count). The minimum absolute atomic E-state index is 0.0624. The van der Waals surface area contributed by atoms with E-state index < -0.39 is 12.1 Å². The fraction of sp³-hybridized carbons (Fsp3) is 0.895. The van der Waals surface area contributed by atoms with Gasteiger partial charge in [0.15, 0.2) is 0 Å². The largest absolute Gasteiger partial charge is 0.469 e. The summed E-state index contributed by atoms with van der Waals surface area (Å²) in [5.41, 5.74) is 0. The topological polar surface area (TPSA) is 63.6 Å². The van der Waals surface area contributed by atoms with Crippen LogP contribution in [0.25, 0.3) is 0 Å². The van der Waals surface area contributed by atoms with Gasteiger partial charge >= 0.3 is 5.97 Å². The van der Waals surface area contributed by atoms with Gasteiger partial charge in [-0.05, 0) is 6.42 Å². The summed E-state index contributed by atoms with van der Waals surface area (Å²) in [7, 11) is 1.26. The Hall–Kier alpha value is -0.900. The van der Waals surface area contributed by atoms with Crippen LogP contribution in [0.1, 0.15) is 96.8 Å². The van der Waals surface area contributed by atoms with Gasteiger partial charge in [-0.15, -0.1) is 0 Å². The van der Waals surface area contributed by atoms with E-state index in [4.69, 9.17) is 0 Å². The predicted octanol–water partition coefficient (Wildman–Crippen LogP) is 4.57. The van der Waals surface area contributed by atoms with Crippen LogP contribution in [0.5, 0.6) is 0 Å². The highest BCUT2D eigenvalue weighted by Gasteiger charge is 2.14. The van der Waals surface area contributed by atoms with Crippen LogP contribution in [0.3, 0.4) is 0 Å². The minimum atomic E-state index is -0.620. The predicted molar refractivity (Wildman–Crippen MR) is 93.3 cm³/mol. The van der Waals surface area contributed by atoms with E-state index in [9.17, 15) is 14.7 Å². The maximum absolute atomic E-state index is 11.5. The zero-order chi connectivity index (χ0) is 17.3. The molecule has 0 saturated carbocycles. The first kappa shape index (κ1) is 22.1. The molecule has 0 heterocycles. The highest BCUT2D eigenvalue weighted by molar-refractivity contribution is 5.95. The number of hydrogen-bond donors (Lipinski definition) is 1. The van der Waals surface area contributed by atoms with Gasteiger partial charge in [0.1, 0.15) is 12.2 Å².